The van der Waals surface area contributed by atoms with Crippen molar-refractivity contribution < 1.29 is 9.52 Å². The van der Waals surface area contributed by atoms with Crippen LogP contribution in [0.4, 0.5) is 0 Å². The fourth-order valence-electron chi connectivity index (χ4n) is 1.60. The van der Waals surface area contributed by atoms with Crippen molar-refractivity contribution in [3.05, 3.63) is 35.7 Å². The topological polar surface area (TPSA) is 59.2 Å². The van der Waals surface area contributed by atoms with Crippen LogP contribution in [0.1, 0.15) is 45.1 Å². The molecule has 0 radical (unpaired) electrons. The Kier molecular flexibility index (Phi) is 3.22. The van der Waals surface area contributed by atoms with Gasteiger partial charge in [0.25, 0.3) is 0 Å². The van der Waals surface area contributed by atoms with Crippen LogP contribution >= 0.6 is 0 Å². The third-order valence-electron chi connectivity index (χ3n) is 2.77. The highest BCUT2D eigenvalue weighted by molar-refractivity contribution is 5.53. The van der Waals surface area contributed by atoms with E-state index < -0.39 is 5.60 Å². The van der Waals surface area contributed by atoms with E-state index in [1.807, 2.05) is 24.3 Å². The lowest BCUT2D eigenvalue weighted by Crippen LogP contribution is -2.15. The summed E-state index contributed by atoms with van der Waals surface area (Å²) in [6.45, 7) is 7.53. The second kappa shape index (κ2) is 4.53. The molecule has 0 unspecified atom stereocenters. The summed E-state index contributed by atoms with van der Waals surface area (Å²) in [5, 5.41) is 17.6. The van der Waals surface area contributed by atoms with Gasteiger partial charge in [-0.25, -0.2) is 0 Å². The highest BCUT2D eigenvalue weighted by Crippen LogP contribution is 2.25. The Labute approximate surface area is 107 Å². The van der Waals surface area contributed by atoms with Gasteiger partial charge in [-0.3, -0.25) is 0 Å². The Morgan fingerprint density at radius 1 is 1.11 bits per heavy atom. The van der Waals surface area contributed by atoms with Crippen LogP contribution in [0.5, 0.6) is 0 Å². The number of aromatic nitrogens is 2. The molecule has 1 heterocycles. The maximum absolute atomic E-state index is 9.77. The minimum Gasteiger partial charge on any atom is -0.418 e. The lowest BCUT2D eigenvalue weighted by atomic mass is 10.0. The second-order valence-electron chi connectivity index (χ2n) is 5.25. The summed E-state index contributed by atoms with van der Waals surface area (Å²) in [7, 11) is 0. The van der Waals surface area contributed by atoms with Crippen LogP contribution in [-0.4, -0.2) is 15.3 Å². The van der Waals surface area contributed by atoms with Crippen LogP contribution < -0.4 is 0 Å². The second-order valence-corrected chi connectivity index (χ2v) is 5.25. The van der Waals surface area contributed by atoms with Crippen molar-refractivity contribution in [3.8, 4) is 11.5 Å². The fraction of sp³-hybridized carbons (Fsp3) is 0.429. The van der Waals surface area contributed by atoms with Gasteiger partial charge in [-0.15, -0.1) is 10.2 Å². The zero-order valence-electron chi connectivity index (χ0n) is 11.1. The van der Waals surface area contributed by atoms with Crippen molar-refractivity contribution in [2.24, 2.45) is 0 Å². The summed E-state index contributed by atoms with van der Waals surface area (Å²) in [4.78, 5) is 0. The van der Waals surface area contributed by atoms with Gasteiger partial charge in [0.2, 0.25) is 11.8 Å². The van der Waals surface area contributed by atoms with E-state index >= 15 is 0 Å². The molecule has 0 fully saturated rings. The molecule has 2 aromatic rings. The van der Waals surface area contributed by atoms with Gasteiger partial charge < -0.3 is 9.52 Å². The first-order chi connectivity index (χ1) is 8.38. The van der Waals surface area contributed by atoms with Crippen LogP contribution in [0.25, 0.3) is 11.5 Å². The molecule has 0 bridgehead atoms. The van der Waals surface area contributed by atoms with Crippen molar-refractivity contribution in [2.75, 3.05) is 0 Å². The number of nitrogens with zero attached hydrogens (tertiary/aromatic N) is 2. The molecule has 1 N–H and O–H groups in total. The van der Waals surface area contributed by atoms with E-state index in [2.05, 4.69) is 24.0 Å². The van der Waals surface area contributed by atoms with Gasteiger partial charge >= 0.3 is 0 Å². The average molecular weight is 246 g/mol. The predicted molar refractivity (Wildman–Crippen MR) is 69.1 cm³/mol. The molecule has 0 atom stereocenters. The smallest absolute Gasteiger partial charge is 0.247 e. The quantitative estimate of drug-likeness (QED) is 0.904. The highest BCUT2D eigenvalue weighted by atomic mass is 16.4. The number of rotatable bonds is 3. The zero-order chi connectivity index (χ0) is 13.3. The monoisotopic (exact) mass is 246 g/mol. The molecule has 2 rings (SSSR count). The van der Waals surface area contributed by atoms with Crippen molar-refractivity contribution >= 4 is 0 Å². The van der Waals surface area contributed by atoms with E-state index in [0.29, 0.717) is 11.8 Å². The molecule has 0 aliphatic heterocycles. The number of aliphatic hydroxyl groups is 1. The van der Waals surface area contributed by atoms with Crippen LogP contribution in [-0.2, 0) is 5.60 Å². The summed E-state index contributed by atoms with van der Waals surface area (Å²) < 4.78 is 5.46. The maximum atomic E-state index is 9.77. The first kappa shape index (κ1) is 12.8. The summed E-state index contributed by atoms with van der Waals surface area (Å²) >= 11 is 0. The van der Waals surface area contributed by atoms with E-state index in [1.165, 1.54) is 5.56 Å². The standard InChI is InChI=1S/C14H18N2O2/c1-9(2)10-5-7-11(8-6-10)12-15-16-13(18-12)14(3,4)17/h5-9,17H,1-4H3. The third kappa shape index (κ3) is 2.59. The molecule has 0 aliphatic rings. The predicted octanol–water partition coefficient (Wildman–Crippen LogP) is 3.09. The van der Waals surface area contributed by atoms with Crippen molar-refractivity contribution in [2.45, 2.75) is 39.2 Å². The van der Waals surface area contributed by atoms with Crippen molar-refractivity contribution in [1.29, 1.82) is 0 Å². The molecular formula is C14H18N2O2. The van der Waals surface area contributed by atoms with Gasteiger partial charge in [-0.2, -0.15) is 0 Å². The summed E-state index contributed by atoms with van der Waals surface area (Å²) in [5.41, 5.74) is 1.02. The normalized spacial score (nSPS) is 12.1. The molecule has 96 valence electrons. The van der Waals surface area contributed by atoms with Crippen molar-refractivity contribution in [1.82, 2.24) is 10.2 Å². The first-order valence-electron chi connectivity index (χ1n) is 6.04. The molecule has 1 aromatic carbocycles. The van der Waals surface area contributed by atoms with Gasteiger partial charge in [0.05, 0.1) is 0 Å². The highest BCUT2D eigenvalue weighted by Gasteiger charge is 2.24. The molecule has 0 saturated heterocycles. The van der Waals surface area contributed by atoms with E-state index in [-0.39, 0.29) is 5.89 Å². The minimum absolute atomic E-state index is 0.227. The first-order valence-corrected chi connectivity index (χ1v) is 6.04. The lowest BCUT2D eigenvalue weighted by molar-refractivity contribution is 0.0488. The van der Waals surface area contributed by atoms with Crippen LogP contribution in [0.2, 0.25) is 0 Å². The Bertz CT molecular complexity index is 521. The van der Waals surface area contributed by atoms with Gasteiger partial charge in [0.15, 0.2) is 0 Å². The number of hydrogen-bond donors (Lipinski definition) is 1. The van der Waals surface area contributed by atoms with E-state index in [4.69, 9.17) is 4.42 Å². The largest absolute Gasteiger partial charge is 0.418 e. The molecular weight excluding hydrogens is 228 g/mol. The Morgan fingerprint density at radius 2 is 1.72 bits per heavy atom. The van der Waals surface area contributed by atoms with E-state index in [9.17, 15) is 5.11 Å². The lowest BCUT2D eigenvalue weighted by Gasteiger charge is -2.10. The summed E-state index contributed by atoms with van der Waals surface area (Å²) in [6, 6.07) is 8.01. The van der Waals surface area contributed by atoms with E-state index in [0.717, 1.165) is 5.56 Å². The Balaban J connectivity index is 2.29. The van der Waals surface area contributed by atoms with Crippen LogP contribution in [0.3, 0.4) is 0 Å². The maximum Gasteiger partial charge on any atom is 0.247 e. The number of hydrogen-bond acceptors (Lipinski definition) is 4. The molecule has 1 aromatic heterocycles. The molecule has 0 spiro atoms. The van der Waals surface area contributed by atoms with Gasteiger partial charge in [-0.1, -0.05) is 26.0 Å². The average Bonchev–Trinajstić information content (AvgIpc) is 2.78. The minimum atomic E-state index is -1.11. The molecule has 4 heteroatoms. The van der Waals surface area contributed by atoms with E-state index in [1.54, 1.807) is 13.8 Å². The van der Waals surface area contributed by atoms with Crippen LogP contribution in [0, 0.1) is 0 Å². The van der Waals surface area contributed by atoms with Gasteiger partial charge in [0, 0.05) is 5.56 Å². The van der Waals surface area contributed by atoms with Gasteiger partial charge in [-0.05, 0) is 37.5 Å². The summed E-state index contributed by atoms with van der Waals surface area (Å²) in [6.07, 6.45) is 0. The molecule has 0 amide bonds. The molecule has 0 saturated carbocycles. The fourth-order valence-corrected chi connectivity index (χ4v) is 1.60. The molecule has 18 heavy (non-hydrogen) atoms. The Hall–Kier alpha value is -1.68. The third-order valence-corrected chi connectivity index (χ3v) is 2.77. The Morgan fingerprint density at radius 3 is 2.17 bits per heavy atom. The molecule has 0 aliphatic carbocycles. The van der Waals surface area contributed by atoms with Crippen LogP contribution in [0.15, 0.2) is 28.7 Å². The zero-order valence-corrected chi connectivity index (χ0v) is 11.1. The van der Waals surface area contributed by atoms with Gasteiger partial charge in [0.1, 0.15) is 5.60 Å². The summed E-state index contributed by atoms with van der Waals surface area (Å²) in [5.74, 6) is 1.15. The molecule has 4 nitrogen and oxygen atoms in total. The van der Waals surface area contributed by atoms with Crippen molar-refractivity contribution in [3.63, 3.8) is 0 Å². The number of benzene rings is 1. The SMILES string of the molecule is CC(C)c1ccc(-c2nnc(C(C)(C)O)o2)cc1.